The molecule has 1 aliphatic heterocycles. The molecule has 2 nitrogen and oxygen atoms in total. The van der Waals surface area contributed by atoms with Gasteiger partial charge in [0.2, 0.25) is 0 Å². The van der Waals surface area contributed by atoms with Crippen molar-refractivity contribution >= 4 is 11.4 Å². The first-order chi connectivity index (χ1) is 16.1. The zero-order chi connectivity index (χ0) is 22.9. The van der Waals surface area contributed by atoms with Crippen LogP contribution in [0, 0.1) is 26.7 Å². The Morgan fingerprint density at radius 2 is 1.24 bits per heavy atom. The van der Waals surface area contributed by atoms with E-state index in [2.05, 4.69) is 110 Å². The van der Waals surface area contributed by atoms with Crippen LogP contribution >= 0.6 is 0 Å². The number of para-hydroxylation sites is 2. The molecule has 1 saturated carbocycles. The van der Waals surface area contributed by atoms with Crippen LogP contribution in [0.1, 0.15) is 67.4 Å². The highest BCUT2D eigenvalue weighted by atomic mass is 15.5. The molecular weight excluding hydrogens is 400 g/mol. The van der Waals surface area contributed by atoms with Crippen LogP contribution in [0.4, 0.5) is 11.4 Å². The molecule has 0 N–H and O–H groups in total. The van der Waals surface area contributed by atoms with Crippen LogP contribution in [0.15, 0.2) is 72.8 Å². The maximum Gasteiger partial charge on any atom is 0.129 e. The predicted molar refractivity (Wildman–Crippen MR) is 141 cm³/mol. The minimum absolute atomic E-state index is 0.191. The third-order valence-electron chi connectivity index (χ3n) is 8.16. The second-order valence-electron chi connectivity index (χ2n) is 10.2. The van der Waals surface area contributed by atoms with Crippen molar-refractivity contribution < 1.29 is 0 Å². The highest BCUT2D eigenvalue weighted by molar-refractivity contribution is 5.65. The Bertz CT molecular complexity index is 1060. The second kappa shape index (κ2) is 9.25. The molecule has 2 fully saturated rings. The molecule has 2 unspecified atom stereocenters. The quantitative estimate of drug-likeness (QED) is 0.407. The van der Waals surface area contributed by atoms with Crippen LogP contribution < -0.4 is 9.80 Å². The molecule has 1 saturated heterocycles. The zero-order valence-electron chi connectivity index (χ0n) is 20.7. The molecule has 3 aromatic rings. The molecule has 0 aromatic heterocycles. The van der Waals surface area contributed by atoms with Crippen LogP contribution in [-0.2, 0) is 0 Å². The Hall–Kier alpha value is -2.74. The lowest BCUT2D eigenvalue weighted by atomic mass is 9.81. The van der Waals surface area contributed by atoms with Crippen molar-refractivity contribution in [3.05, 3.63) is 95.1 Å². The van der Waals surface area contributed by atoms with Crippen LogP contribution in [0.2, 0.25) is 0 Å². The van der Waals surface area contributed by atoms with Gasteiger partial charge in [0.25, 0.3) is 0 Å². The highest BCUT2D eigenvalue weighted by Gasteiger charge is 2.49. The maximum absolute atomic E-state index is 2.79. The third-order valence-corrected chi connectivity index (χ3v) is 8.16. The minimum atomic E-state index is 0.191. The van der Waals surface area contributed by atoms with E-state index in [4.69, 9.17) is 0 Å². The first-order valence-electron chi connectivity index (χ1n) is 12.8. The van der Waals surface area contributed by atoms with Crippen LogP contribution in [0.5, 0.6) is 0 Å². The van der Waals surface area contributed by atoms with E-state index in [0.717, 1.165) is 5.92 Å². The van der Waals surface area contributed by atoms with Gasteiger partial charge in [-0.3, -0.25) is 0 Å². The Balaban J connectivity index is 1.75. The number of aryl methyl sites for hydroxylation is 3. The van der Waals surface area contributed by atoms with Crippen molar-refractivity contribution in [2.45, 2.75) is 78.0 Å². The molecule has 1 heterocycles. The summed E-state index contributed by atoms with van der Waals surface area (Å²) < 4.78 is 0. The molecule has 2 heteroatoms. The lowest BCUT2D eigenvalue weighted by Gasteiger charge is -2.39. The molecule has 33 heavy (non-hydrogen) atoms. The molecule has 3 aromatic carbocycles. The fraction of sp³-hybridized carbons (Fsp3) is 0.419. The normalized spacial score (nSPS) is 23.8. The zero-order valence-corrected chi connectivity index (χ0v) is 20.7. The lowest BCUT2D eigenvalue weighted by Crippen LogP contribution is -2.42. The van der Waals surface area contributed by atoms with E-state index in [-0.39, 0.29) is 6.17 Å². The molecule has 0 spiro atoms. The van der Waals surface area contributed by atoms with Gasteiger partial charge in [-0.25, -0.2) is 0 Å². The van der Waals surface area contributed by atoms with E-state index in [9.17, 15) is 0 Å². The Morgan fingerprint density at radius 3 is 1.91 bits per heavy atom. The standard InChI is InChI=1S/C31H38N2/c1-22-14-11-12-21-28(22)32-25(4)30(26-17-7-5-8-18-26)33(27-19-9-6-10-20-27)31(32)29-23(2)15-13-16-24(29)3/h6,9-16,19-21,25-26,30-31H,5,7-8,17-18H2,1-4H3/t25-,30?,31?/m0/s1. The Labute approximate surface area is 200 Å². The summed E-state index contributed by atoms with van der Waals surface area (Å²) in [4.78, 5) is 5.54. The summed E-state index contributed by atoms with van der Waals surface area (Å²) >= 11 is 0. The van der Waals surface area contributed by atoms with E-state index in [0.29, 0.717) is 12.1 Å². The number of benzene rings is 3. The second-order valence-corrected chi connectivity index (χ2v) is 10.2. The summed E-state index contributed by atoms with van der Waals surface area (Å²) in [7, 11) is 0. The van der Waals surface area contributed by atoms with E-state index < -0.39 is 0 Å². The highest BCUT2D eigenvalue weighted by Crippen LogP contribution is 2.49. The number of rotatable bonds is 4. The molecule has 5 rings (SSSR count). The van der Waals surface area contributed by atoms with Crippen LogP contribution in [0.25, 0.3) is 0 Å². The van der Waals surface area contributed by atoms with E-state index in [1.54, 1.807) is 0 Å². The largest absolute Gasteiger partial charge is 0.342 e. The number of hydrogen-bond donors (Lipinski definition) is 0. The summed E-state index contributed by atoms with van der Waals surface area (Å²) in [5.74, 6) is 0.731. The summed E-state index contributed by atoms with van der Waals surface area (Å²) in [5, 5.41) is 0. The number of nitrogens with zero attached hydrogens (tertiary/aromatic N) is 2. The lowest BCUT2D eigenvalue weighted by molar-refractivity contribution is 0.292. The average molecular weight is 439 g/mol. The first-order valence-corrected chi connectivity index (χ1v) is 12.8. The molecule has 0 bridgehead atoms. The third kappa shape index (κ3) is 3.94. The number of anilines is 2. The molecule has 0 radical (unpaired) electrons. The van der Waals surface area contributed by atoms with Gasteiger partial charge in [0.05, 0.1) is 6.04 Å². The fourth-order valence-corrected chi connectivity index (χ4v) is 6.64. The van der Waals surface area contributed by atoms with Gasteiger partial charge < -0.3 is 9.80 Å². The van der Waals surface area contributed by atoms with Gasteiger partial charge >= 0.3 is 0 Å². The van der Waals surface area contributed by atoms with E-state index in [1.165, 1.54) is 65.7 Å². The number of hydrogen-bond acceptors (Lipinski definition) is 2. The van der Waals surface area contributed by atoms with Crippen molar-refractivity contribution in [2.75, 3.05) is 9.80 Å². The molecule has 1 aliphatic carbocycles. The van der Waals surface area contributed by atoms with Gasteiger partial charge in [-0.15, -0.1) is 0 Å². The van der Waals surface area contributed by atoms with Gasteiger partial charge in [-0.2, -0.15) is 0 Å². The molecule has 3 atom stereocenters. The summed E-state index contributed by atoms with van der Waals surface area (Å²) in [5.41, 5.74) is 8.32. The molecule has 0 amide bonds. The smallest absolute Gasteiger partial charge is 0.129 e. The van der Waals surface area contributed by atoms with Crippen molar-refractivity contribution in [1.29, 1.82) is 0 Å². The van der Waals surface area contributed by atoms with Gasteiger partial charge in [0.1, 0.15) is 6.17 Å². The van der Waals surface area contributed by atoms with Gasteiger partial charge in [-0.05, 0) is 81.3 Å². The Morgan fingerprint density at radius 1 is 0.636 bits per heavy atom. The Kier molecular flexibility index (Phi) is 6.19. The molecule has 172 valence electrons. The topological polar surface area (TPSA) is 6.48 Å². The minimum Gasteiger partial charge on any atom is -0.342 e. The maximum atomic E-state index is 2.79. The summed E-state index contributed by atoms with van der Waals surface area (Å²) in [6, 6.07) is 27.9. The monoisotopic (exact) mass is 438 g/mol. The van der Waals surface area contributed by atoms with Crippen LogP contribution in [-0.4, -0.2) is 12.1 Å². The average Bonchev–Trinajstić information content (AvgIpc) is 3.13. The van der Waals surface area contributed by atoms with Crippen molar-refractivity contribution in [3.8, 4) is 0 Å². The van der Waals surface area contributed by atoms with E-state index >= 15 is 0 Å². The molecule has 2 aliphatic rings. The van der Waals surface area contributed by atoms with E-state index in [1.807, 2.05) is 0 Å². The van der Waals surface area contributed by atoms with Gasteiger partial charge in [0, 0.05) is 23.0 Å². The van der Waals surface area contributed by atoms with Crippen LogP contribution in [0.3, 0.4) is 0 Å². The van der Waals surface area contributed by atoms with Crippen molar-refractivity contribution in [2.24, 2.45) is 5.92 Å². The summed E-state index contributed by atoms with van der Waals surface area (Å²) in [6.45, 7) is 9.33. The fourth-order valence-electron chi connectivity index (χ4n) is 6.64. The van der Waals surface area contributed by atoms with Gasteiger partial charge in [0.15, 0.2) is 0 Å². The first kappa shape index (κ1) is 22.1. The van der Waals surface area contributed by atoms with Crippen molar-refractivity contribution in [3.63, 3.8) is 0 Å². The molecular formula is C31H38N2. The van der Waals surface area contributed by atoms with Crippen molar-refractivity contribution in [1.82, 2.24) is 0 Å². The SMILES string of the molecule is Cc1ccccc1N1C(c2c(C)cccc2C)N(c2ccccc2)C(C2CCCCC2)[C@@H]1C. The summed E-state index contributed by atoms with van der Waals surface area (Å²) in [6.07, 6.45) is 7.02. The predicted octanol–water partition coefficient (Wildman–Crippen LogP) is 7.97. The van der Waals surface area contributed by atoms with Gasteiger partial charge in [-0.1, -0.05) is 73.9 Å².